The van der Waals surface area contributed by atoms with Crippen LogP contribution < -0.4 is 23.7 Å². The number of aryl methyl sites for hydroxylation is 1. The number of fused-ring (bicyclic) bond motifs is 1. The number of hydrogen-bond donors (Lipinski definition) is 0. The Morgan fingerprint density at radius 3 is 2.24 bits per heavy atom. The molecule has 0 amide bonds. The summed E-state index contributed by atoms with van der Waals surface area (Å²) in [5.41, 5.74) is 1.98. The van der Waals surface area contributed by atoms with E-state index < -0.39 is 0 Å². The van der Waals surface area contributed by atoms with E-state index in [1.807, 2.05) is 30.3 Å². The van der Waals surface area contributed by atoms with Gasteiger partial charge in [-0.1, -0.05) is 6.07 Å². The molecule has 2 aromatic carbocycles. The maximum absolute atomic E-state index is 12.4. The molecule has 2 aromatic rings. The van der Waals surface area contributed by atoms with E-state index in [4.69, 9.17) is 28.4 Å². The van der Waals surface area contributed by atoms with Crippen molar-refractivity contribution in [2.24, 2.45) is 5.92 Å². The molecule has 1 aliphatic rings. The van der Waals surface area contributed by atoms with Gasteiger partial charge in [0.25, 0.3) is 0 Å². The lowest BCUT2D eigenvalue weighted by molar-refractivity contribution is -0.145. The Balaban J connectivity index is 1.76. The predicted molar refractivity (Wildman–Crippen MR) is 106 cm³/mol. The zero-order valence-electron chi connectivity index (χ0n) is 17.2. The van der Waals surface area contributed by atoms with E-state index >= 15 is 0 Å². The van der Waals surface area contributed by atoms with Crippen LogP contribution in [-0.4, -0.2) is 41.2 Å². The highest BCUT2D eigenvalue weighted by molar-refractivity contribution is 5.73. The summed E-state index contributed by atoms with van der Waals surface area (Å²) in [6, 6.07) is 9.55. The zero-order chi connectivity index (χ0) is 20.8. The van der Waals surface area contributed by atoms with E-state index in [9.17, 15) is 4.79 Å². The van der Waals surface area contributed by atoms with Crippen LogP contribution >= 0.6 is 0 Å². The van der Waals surface area contributed by atoms with Gasteiger partial charge in [-0.2, -0.15) is 0 Å². The third kappa shape index (κ3) is 4.67. The summed E-state index contributed by atoms with van der Waals surface area (Å²) in [4.78, 5) is 12.4. The second-order valence-corrected chi connectivity index (χ2v) is 6.68. The molecule has 1 unspecified atom stereocenters. The van der Waals surface area contributed by atoms with Crippen LogP contribution in [0.3, 0.4) is 0 Å². The Bertz CT molecular complexity index is 837. The third-order valence-electron chi connectivity index (χ3n) is 4.96. The van der Waals surface area contributed by atoms with Crippen molar-refractivity contribution < 1.29 is 33.2 Å². The number of hydrogen-bond acceptors (Lipinski definition) is 7. The fourth-order valence-corrected chi connectivity index (χ4v) is 3.45. The first-order valence-electron chi connectivity index (χ1n) is 9.34. The summed E-state index contributed by atoms with van der Waals surface area (Å²) in [7, 11) is 6.10. The summed E-state index contributed by atoms with van der Waals surface area (Å²) in [6.45, 7) is 0.241. The molecule has 29 heavy (non-hydrogen) atoms. The van der Waals surface area contributed by atoms with E-state index in [1.165, 1.54) is 7.11 Å². The fraction of sp³-hybridized carbons (Fsp3) is 0.409. The van der Waals surface area contributed by atoms with Crippen LogP contribution in [0, 0.1) is 5.92 Å². The molecule has 1 atom stereocenters. The van der Waals surface area contributed by atoms with Gasteiger partial charge in [-0.3, -0.25) is 4.79 Å². The zero-order valence-corrected chi connectivity index (χ0v) is 17.2. The van der Waals surface area contributed by atoms with Gasteiger partial charge >= 0.3 is 5.97 Å². The molecule has 0 aromatic heterocycles. The van der Waals surface area contributed by atoms with Crippen LogP contribution in [0.15, 0.2) is 30.3 Å². The van der Waals surface area contributed by atoms with E-state index in [0.717, 1.165) is 22.6 Å². The molecular weight excluding hydrogens is 376 g/mol. The first-order valence-corrected chi connectivity index (χ1v) is 9.34. The lowest BCUT2D eigenvalue weighted by atomic mass is 9.92. The molecule has 0 saturated carbocycles. The van der Waals surface area contributed by atoms with Crippen LogP contribution in [0.25, 0.3) is 0 Å². The van der Waals surface area contributed by atoms with Gasteiger partial charge in [0.1, 0.15) is 0 Å². The van der Waals surface area contributed by atoms with E-state index in [-0.39, 0.29) is 18.7 Å². The lowest BCUT2D eigenvalue weighted by Crippen LogP contribution is -2.19. The molecule has 1 heterocycles. The smallest absolute Gasteiger partial charge is 0.309 e. The quantitative estimate of drug-likeness (QED) is 0.595. The average Bonchev–Trinajstić information content (AvgIpc) is 3.23. The van der Waals surface area contributed by atoms with Gasteiger partial charge in [-0.25, -0.2) is 0 Å². The van der Waals surface area contributed by atoms with Gasteiger partial charge in [0, 0.05) is 0 Å². The number of carbonyl (C=O) groups is 1. The van der Waals surface area contributed by atoms with E-state index in [0.29, 0.717) is 36.5 Å². The first kappa shape index (κ1) is 20.6. The summed E-state index contributed by atoms with van der Waals surface area (Å²) in [5, 5.41) is 0. The van der Waals surface area contributed by atoms with E-state index in [1.54, 1.807) is 21.3 Å². The average molecular weight is 402 g/mol. The Hall–Kier alpha value is -3.09. The Labute approximate surface area is 170 Å². The minimum Gasteiger partial charge on any atom is -0.493 e. The summed E-state index contributed by atoms with van der Waals surface area (Å²) >= 11 is 0. The molecule has 156 valence electrons. The van der Waals surface area contributed by atoms with Gasteiger partial charge in [-0.15, -0.1) is 0 Å². The van der Waals surface area contributed by atoms with Crippen molar-refractivity contribution in [3.8, 4) is 28.7 Å². The normalized spacial score (nSPS) is 13.0. The molecule has 7 heteroatoms. The molecule has 0 saturated heterocycles. The highest BCUT2D eigenvalue weighted by Crippen LogP contribution is 2.39. The van der Waals surface area contributed by atoms with Crippen LogP contribution in [-0.2, 0) is 22.4 Å². The SMILES string of the molecule is COC(=O)C(CCc1ccc2c(c1)OCO2)Cc1cc(OC)c(OC)c(OC)c1. The van der Waals surface area contributed by atoms with Gasteiger partial charge in [0.15, 0.2) is 23.0 Å². The second-order valence-electron chi connectivity index (χ2n) is 6.68. The van der Waals surface area contributed by atoms with Crippen LogP contribution in [0.4, 0.5) is 0 Å². The molecule has 0 fully saturated rings. The highest BCUT2D eigenvalue weighted by Gasteiger charge is 2.23. The minimum atomic E-state index is -0.312. The molecule has 0 aliphatic carbocycles. The molecule has 0 spiro atoms. The third-order valence-corrected chi connectivity index (χ3v) is 4.96. The summed E-state index contributed by atoms with van der Waals surface area (Å²) in [6.07, 6.45) is 1.83. The largest absolute Gasteiger partial charge is 0.493 e. The maximum Gasteiger partial charge on any atom is 0.309 e. The number of carbonyl (C=O) groups excluding carboxylic acids is 1. The molecule has 0 radical (unpaired) electrons. The number of esters is 1. The number of methoxy groups -OCH3 is 4. The van der Waals surface area contributed by atoms with Gasteiger partial charge in [-0.05, 0) is 54.7 Å². The van der Waals surface area contributed by atoms with E-state index in [2.05, 4.69) is 0 Å². The molecule has 3 rings (SSSR count). The lowest BCUT2D eigenvalue weighted by Gasteiger charge is -2.18. The van der Waals surface area contributed by atoms with Crippen LogP contribution in [0.5, 0.6) is 28.7 Å². The van der Waals surface area contributed by atoms with Crippen LogP contribution in [0.2, 0.25) is 0 Å². The van der Waals surface area contributed by atoms with Crippen molar-refractivity contribution in [2.45, 2.75) is 19.3 Å². The molecule has 7 nitrogen and oxygen atoms in total. The molecule has 0 N–H and O–H groups in total. The van der Waals surface area contributed by atoms with Crippen molar-refractivity contribution in [2.75, 3.05) is 35.2 Å². The number of rotatable bonds is 9. The predicted octanol–water partition coefficient (Wildman–Crippen LogP) is 3.41. The van der Waals surface area contributed by atoms with Crippen molar-refractivity contribution in [1.82, 2.24) is 0 Å². The second kappa shape index (κ2) is 9.41. The van der Waals surface area contributed by atoms with Crippen molar-refractivity contribution in [3.05, 3.63) is 41.5 Å². The molecule has 0 bridgehead atoms. The summed E-state index contributed by atoms with van der Waals surface area (Å²) in [5.74, 6) is 2.56. The van der Waals surface area contributed by atoms with Crippen LogP contribution in [0.1, 0.15) is 17.5 Å². The van der Waals surface area contributed by atoms with Gasteiger partial charge in [0.05, 0.1) is 34.4 Å². The number of ether oxygens (including phenoxy) is 6. The van der Waals surface area contributed by atoms with Gasteiger partial charge < -0.3 is 28.4 Å². The Morgan fingerprint density at radius 2 is 1.62 bits per heavy atom. The Kier molecular flexibility index (Phi) is 6.69. The number of benzene rings is 2. The van der Waals surface area contributed by atoms with Crippen molar-refractivity contribution in [1.29, 1.82) is 0 Å². The minimum absolute atomic E-state index is 0.241. The Morgan fingerprint density at radius 1 is 0.931 bits per heavy atom. The monoisotopic (exact) mass is 402 g/mol. The molecule has 1 aliphatic heterocycles. The van der Waals surface area contributed by atoms with Crippen molar-refractivity contribution >= 4 is 5.97 Å². The van der Waals surface area contributed by atoms with Gasteiger partial charge in [0.2, 0.25) is 12.5 Å². The topological polar surface area (TPSA) is 72.5 Å². The maximum atomic E-state index is 12.4. The summed E-state index contributed by atoms with van der Waals surface area (Å²) < 4.78 is 32.0. The standard InChI is InChI=1S/C22H26O7/c1-24-19-11-15(12-20(25-2)21(19)26-3)9-16(22(23)27-4)7-5-14-6-8-17-18(10-14)29-13-28-17/h6,8,10-12,16H,5,7,9,13H2,1-4H3. The van der Waals surface area contributed by atoms with Crippen molar-refractivity contribution in [3.63, 3.8) is 0 Å². The molecular formula is C22H26O7. The highest BCUT2D eigenvalue weighted by atomic mass is 16.7. The first-order chi connectivity index (χ1) is 14.1. The fourth-order valence-electron chi connectivity index (χ4n) is 3.45.